The van der Waals surface area contributed by atoms with Gasteiger partial charge in [0.05, 0.1) is 11.1 Å². The van der Waals surface area contributed by atoms with Gasteiger partial charge in [0.25, 0.3) is 0 Å². The number of rotatable bonds is 3. The average molecular weight is 335 g/mol. The van der Waals surface area contributed by atoms with Crippen LogP contribution in [0.4, 0.5) is 30.5 Å². The van der Waals surface area contributed by atoms with Crippen molar-refractivity contribution in [3.8, 4) is 0 Å². The van der Waals surface area contributed by atoms with Crippen molar-refractivity contribution in [2.75, 3.05) is 11.1 Å². The van der Waals surface area contributed by atoms with Crippen LogP contribution >= 0.6 is 0 Å². The molecule has 0 aliphatic heterocycles. The van der Waals surface area contributed by atoms with Gasteiger partial charge >= 0.3 is 6.18 Å². The highest BCUT2D eigenvalue weighted by atomic mass is 19.4. The summed E-state index contributed by atoms with van der Waals surface area (Å²) in [6, 6.07) is 6.50. The number of nitrogens with one attached hydrogen (secondary N) is 2. The van der Waals surface area contributed by atoms with Crippen LogP contribution in [0.3, 0.4) is 0 Å². The van der Waals surface area contributed by atoms with Gasteiger partial charge in [-0.25, -0.2) is 4.98 Å². The number of aryl methyl sites for hydroxylation is 1. The van der Waals surface area contributed by atoms with Crippen LogP contribution in [0.2, 0.25) is 0 Å². The third-order valence-corrected chi connectivity index (χ3v) is 4.03. The van der Waals surface area contributed by atoms with E-state index in [1.54, 1.807) is 6.07 Å². The Morgan fingerprint density at radius 2 is 2.00 bits per heavy atom. The molecule has 0 amide bonds. The molecule has 1 aromatic heterocycles. The molecule has 1 aliphatic carbocycles. The molecule has 8 heteroatoms. The number of aromatic nitrogens is 1. The van der Waals surface area contributed by atoms with Gasteiger partial charge in [0.15, 0.2) is 0 Å². The minimum Gasteiger partial charge on any atom is -0.384 e. The van der Waals surface area contributed by atoms with E-state index in [2.05, 4.69) is 10.3 Å². The molecule has 0 saturated carbocycles. The average Bonchev–Trinajstić information content (AvgIpc) is 2.94. The number of amidine groups is 1. The third-order valence-electron chi connectivity index (χ3n) is 4.03. The first-order chi connectivity index (χ1) is 11.3. The van der Waals surface area contributed by atoms with Gasteiger partial charge in [-0.05, 0) is 42.5 Å². The SMILES string of the molecule is N=C(N)c1c(C(F)(F)F)cc(Nc2cccc3c2CCC3)nc1N. The quantitative estimate of drug-likeness (QED) is 0.511. The molecule has 0 saturated heterocycles. The summed E-state index contributed by atoms with van der Waals surface area (Å²) in [4.78, 5) is 3.94. The van der Waals surface area contributed by atoms with Gasteiger partial charge in [-0.15, -0.1) is 0 Å². The van der Waals surface area contributed by atoms with Crippen molar-refractivity contribution in [3.05, 3.63) is 46.5 Å². The summed E-state index contributed by atoms with van der Waals surface area (Å²) in [7, 11) is 0. The van der Waals surface area contributed by atoms with Crippen LogP contribution in [0.25, 0.3) is 0 Å². The summed E-state index contributed by atoms with van der Waals surface area (Å²) in [6.07, 6.45) is -1.85. The predicted molar refractivity (Wildman–Crippen MR) is 86.4 cm³/mol. The molecule has 1 heterocycles. The molecular weight excluding hydrogens is 319 g/mol. The Morgan fingerprint density at radius 1 is 1.25 bits per heavy atom. The van der Waals surface area contributed by atoms with Gasteiger partial charge in [-0.3, -0.25) is 5.41 Å². The van der Waals surface area contributed by atoms with E-state index >= 15 is 0 Å². The van der Waals surface area contributed by atoms with Crippen molar-refractivity contribution in [2.24, 2.45) is 5.73 Å². The van der Waals surface area contributed by atoms with E-state index in [1.165, 1.54) is 5.56 Å². The predicted octanol–water partition coefficient (Wildman–Crippen LogP) is 3.20. The van der Waals surface area contributed by atoms with Crippen LogP contribution in [0.1, 0.15) is 28.7 Å². The Hall–Kier alpha value is -2.77. The lowest BCUT2D eigenvalue weighted by Gasteiger charge is -2.17. The minimum atomic E-state index is -4.69. The summed E-state index contributed by atoms with van der Waals surface area (Å²) < 4.78 is 39.8. The topological polar surface area (TPSA) is 101 Å². The highest BCUT2D eigenvalue weighted by Crippen LogP contribution is 2.37. The maximum Gasteiger partial charge on any atom is 0.417 e. The summed E-state index contributed by atoms with van der Waals surface area (Å²) in [5.41, 5.74) is 12.2. The monoisotopic (exact) mass is 335 g/mol. The van der Waals surface area contributed by atoms with E-state index in [0.29, 0.717) is 0 Å². The highest BCUT2D eigenvalue weighted by Gasteiger charge is 2.36. The van der Waals surface area contributed by atoms with Crippen LogP contribution in [-0.2, 0) is 19.0 Å². The number of hydrogen-bond donors (Lipinski definition) is 4. The summed E-state index contributed by atoms with van der Waals surface area (Å²) in [5, 5.41) is 10.2. The standard InChI is InChI=1S/C16H16F3N5/c17-16(18,19)10-7-12(24-15(22)13(10)14(20)21)23-11-6-2-4-8-3-1-5-9(8)11/h2,4,6-7H,1,3,5H2,(H3,20,21)(H3,22,23,24). The Labute approximate surface area is 136 Å². The maximum absolute atomic E-state index is 13.3. The van der Waals surface area contributed by atoms with Gasteiger partial charge in [0.1, 0.15) is 17.5 Å². The summed E-state index contributed by atoms with van der Waals surface area (Å²) in [5.74, 6) is -1.21. The van der Waals surface area contributed by atoms with Crippen LogP contribution in [-0.4, -0.2) is 10.8 Å². The van der Waals surface area contributed by atoms with Crippen LogP contribution in [0.5, 0.6) is 0 Å². The molecule has 5 nitrogen and oxygen atoms in total. The first kappa shape index (κ1) is 16.1. The fourth-order valence-electron chi connectivity index (χ4n) is 3.01. The molecule has 0 radical (unpaired) electrons. The van der Waals surface area contributed by atoms with Crippen molar-refractivity contribution < 1.29 is 13.2 Å². The van der Waals surface area contributed by atoms with Crippen LogP contribution in [0.15, 0.2) is 24.3 Å². The van der Waals surface area contributed by atoms with E-state index in [-0.39, 0.29) is 5.82 Å². The maximum atomic E-state index is 13.3. The highest BCUT2D eigenvalue weighted by molar-refractivity contribution is 6.01. The molecule has 0 bridgehead atoms. The Balaban J connectivity index is 2.06. The Bertz CT molecular complexity index is 814. The molecule has 3 rings (SSSR count). The van der Waals surface area contributed by atoms with Gasteiger partial charge in [-0.1, -0.05) is 12.1 Å². The number of anilines is 3. The first-order valence-corrected chi connectivity index (χ1v) is 7.37. The normalized spacial score (nSPS) is 13.6. The van der Waals surface area contributed by atoms with Gasteiger partial charge < -0.3 is 16.8 Å². The zero-order valence-electron chi connectivity index (χ0n) is 12.7. The van der Waals surface area contributed by atoms with Crippen molar-refractivity contribution >= 4 is 23.2 Å². The largest absolute Gasteiger partial charge is 0.417 e. The number of nitrogen functional groups attached to an aromatic ring is 2. The van der Waals surface area contributed by atoms with Gasteiger partial charge in [0, 0.05) is 5.69 Å². The van der Waals surface area contributed by atoms with Crippen molar-refractivity contribution in [2.45, 2.75) is 25.4 Å². The van der Waals surface area contributed by atoms with E-state index in [0.717, 1.165) is 36.6 Å². The lowest BCUT2D eigenvalue weighted by atomic mass is 10.1. The zero-order chi connectivity index (χ0) is 17.5. The van der Waals surface area contributed by atoms with Crippen molar-refractivity contribution in [1.82, 2.24) is 4.98 Å². The minimum absolute atomic E-state index is 0.0230. The van der Waals surface area contributed by atoms with E-state index in [9.17, 15) is 13.2 Å². The number of alkyl halides is 3. The lowest BCUT2D eigenvalue weighted by molar-refractivity contribution is -0.137. The van der Waals surface area contributed by atoms with E-state index in [4.69, 9.17) is 16.9 Å². The molecule has 6 N–H and O–H groups in total. The van der Waals surface area contributed by atoms with Crippen molar-refractivity contribution in [1.29, 1.82) is 5.41 Å². The van der Waals surface area contributed by atoms with Gasteiger partial charge in [0.2, 0.25) is 0 Å². The molecule has 0 spiro atoms. The zero-order valence-corrected chi connectivity index (χ0v) is 12.7. The Morgan fingerprint density at radius 3 is 2.67 bits per heavy atom. The fourth-order valence-corrected chi connectivity index (χ4v) is 3.01. The molecule has 0 fully saturated rings. The number of hydrogen-bond acceptors (Lipinski definition) is 4. The summed E-state index contributed by atoms with van der Waals surface area (Å²) in [6.45, 7) is 0. The second-order valence-corrected chi connectivity index (χ2v) is 5.65. The van der Waals surface area contributed by atoms with Crippen LogP contribution in [0, 0.1) is 5.41 Å². The first-order valence-electron chi connectivity index (χ1n) is 7.37. The third kappa shape index (κ3) is 2.86. The molecule has 2 aromatic rings. The number of pyridine rings is 1. The molecule has 0 atom stereocenters. The second-order valence-electron chi connectivity index (χ2n) is 5.65. The number of nitrogens with zero attached hydrogens (tertiary/aromatic N) is 1. The Kier molecular flexibility index (Phi) is 3.82. The number of halogens is 3. The van der Waals surface area contributed by atoms with Crippen LogP contribution < -0.4 is 16.8 Å². The number of fused-ring (bicyclic) bond motifs is 1. The molecule has 0 unspecified atom stereocenters. The molecule has 126 valence electrons. The molecular formula is C16H16F3N5. The van der Waals surface area contributed by atoms with Crippen molar-refractivity contribution in [3.63, 3.8) is 0 Å². The number of benzene rings is 1. The lowest BCUT2D eigenvalue weighted by Crippen LogP contribution is -2.22. The molecule has 1 aliphatic rings. The smallest absolute Gasteiger partial charge is 0.384 e. The van der Waals surface area contributed by atoms with E-state index < -0.39 is 29.0 Å². The van der Waals surface area contributed by atoms with Gasteiger partial charge in [-0.2, -0.15) is 13.2 Å². The van der Waals surface area contributed by atoms with E-state index in [1.807, 2.05) is 12.1 Å². The molecule has 24 heavy (non-hydrogen) atoms. The fraction of sp³-hybridized carbons (Fsp3) is 0.250. The summed E-state index contributed by atoms with van der Waals surface area (Å²) >= 11 is 0. The second kappa shape index (κ2) is 5.70. The number of nitrogens with two attached hydrogens (primary N) is 2. The molecule has 1 aromatic carbocycles.